The molecule has 0 saturated carbocycles. The van der Waals surface area contributed by atoms with Crippen LogP contribution in [-0.2, 0) is 5.75 Å². The Labute approximate surface area is 136 Å². The lowest BCUT2D eigenvalue weighted by Gasteiger charge is -2.33. The van der Waals surface area contributed by atoms with E-state index in [1.807, 2.05) is 24.8 Å². The number of piperidine rings is 1. The number of thioether (sulfide) groups is 1. The Bertz CT molecular complexity index is 504. The number of likely N-dealkylation sites (tertiary alicyclic amines) is 1. The molecule has 1 amide bonds. The molecule has 1 aliphatic rings. The van der Waals surface area contributed by atoms with Crippen LogP contribution in [0.1, 0.15) is 48.1 Å². The second-order valence-corrected chi connectivity index (χ2v) is 6.97. The molecule has 0 spiro atoms. The summed E-state index contributed by atoms with van der Waals surface area (Å²) in [6.07, 6.45) is 2.37. The number of hydrogen-bond donors (Lipinski definition) is 2. The molecule has 0 aromatic carbocycles. The first-order chi connectivity index (χ1) is 10.5. The molecule has 6 heteroatoms. The number of nitrogens with zero attached hydrogens (tertiary/aromatic N) is 1. The summed E-state index contributed by atoms with van der Waals surface area (Å²) in [5, 5.41) is 9.82. The maximum Gasteiger partial charge on any atom is 0.289 e. The van der Waals surface area contributed by atoms with Crippen LogP contribution in [0.3, 0.4) is 0 Å². The molecule has 2 heterocycles. The van der Waals surface area contributed by atoms with Gasteiger partial charge >= 0.3 is 0 Å². The van der Waals surface area contributed by atoms with Gasteiger partial charge in [-0.1, -0.05) is 13.3 Å². The Morgan fingerprint density at radius 1 is 1.59 bits per heavy atom. The second kappa shape index (κ2) is 8.04. The number of nitrogens with two attached hydrogens (primary N) is 1. The number of carbonyl (C=O) groups is 1. The number of carbonyl (C=O) groups excluding carboxylic acids is 1. The van der Waals surface area contributed by atoms with Crippen LogP contribution in [0.25, 0.3) is 0 Å². The van der Waals surface area contributed by atoms with Gasteiger partial charge in [-0.25, -0.2) is 0 Å². The quantitative estimate of drug-likeness (QED) is 0.783. The van der Waals surface area contributed by atoms with Crippen LogP contribution in [-0.4, -0.2) is 46.9 Å². The van der Waals surface area contributed by atoms with Crippen molar-refractivity contribution in [3.63, 3.8) is 0 Å². The average Bonchev–Trinajstić information content (AvgIpc) is 2.87. The number of amides is 1. The highest BCUT2D eigenvalue weighted by molar-refractivity contribution is 7.98. The standard InChI is InChI=1S/C16H26N2O3S/c1-3-4-7-22-10-12-8-15(21-11(12)2)16(20)18-6-5-13(17)14(19)9-18/h8,13-14,19H,3-7,9-10,17H2,1-2H3/t13-,14-/m1/s1. The molecule has 0 radical (unpaired) electrons. The van der Waals surface area contributed by atoms with E-state index in [4.69, 9.17) is 10.2 Å². The van der Waals surface area contributed by atoms with Gasteiger partial charge in [0.2, 0.25) is 0 Å². The van der Waals surface area contributed by atoms with Crippen LogP contribution in [0.15, 0.2) is 10.5 Å². The van der Waals surface area contributed by atoms with E-state index in [0.29, 0.717) is 18.7 Å². The highest BCUT2D eigenvalue weighted by Gasteiger charge is 2.29. The van der Waals surface area contributed by atoms with Crippen molar-refractivity contribution in [1.82, 2.24) is 4.90 Å². The molecule has 2 rings (SSSR count). The minimum Gasteiger partial charge on any atom is -0.456 e. The summed E-state index contributed by atoms with van der Waals surface area (Å²) >= 11 is 1.86. The number of hydrogen-bond acceptors (Lipinski definition) is 5. The van der Waals surface area contributed by atoms with E-state index in [-0.39, 0.29) is 18.5 Å². The Morgan fingerprint density at radius 3 is 3.05 bits per heavy atom. The van der Waals surface area contributed by atoms with E-state index in [1.165, 1.54) is 12.8 Å². The summed E-state index contributed by atoms with van der Waals surface area (Å²) in [6, 6.07) is 1.60. The molecule has 1 aromatic rings. The van der Waals surface area contributed by atoms with E-state index in [2.05, 4.69) is 6.92 Å². The van der Waals surface area contributed by atoms with E-state index in [9.17, 15) is 9.90 Å². The number of unbranched alkanes of at least 4 members (excludes halogenated alkanes) is 1. The number of aliphatic hydroxyl groups is 1. The van der Waals surface area contributed by atoms with Crippen LogP contribution < -0.4 is 5.73 Å². The summed E-state index contributed by atoms with van der Waals surface area (Å²) in [6.45, 7) is 4.92. The largest absolute Gasteiger partial charge is 0.456 e. The lowest BCUT2D eigenvalue weighted by molar-refractivity contribution is 0.0372. The SMILES string of the molecule is CCCCSCc1cc(C(=O)N2CC[C@@H](N)[C@H](O)C2)oc1C. The molecule has 0 bridgehead atoms. The van der Waals surface area contributed by atoms with E-state index < -0.39 is 6.10 Å². The van der Waals surface area contributed by atoms with Gasteiger partial charge in [0.05, 0.1) is 6.10 Å². The van der Waals surface area contributed by atoms with E-state index in [1.54, 1.807) is 4.90 Å². The monoisotopic (exact) mass is 326 g/mol. The molecule has 1 saturated heterocycles. The molecule has 1 fully saturated rings. The van der Waals surface area contributed by atoms with E-state index in [0.717, 1.165) is 22.8 Å². The minimum atomic E-state index is -0.655. The number of aryl methyl sites for hydroxylation is 1. The fraction of sp³-hybridized carbons (Fsp3) is 0.688. The molecule has 5 nitrogen and oxygen atoms in total. The lowest BCUT2D eigenvalue weighted by Crippen LogP contribution is -2.52. The maximum atomic E-state index is 12.5. The molecule has 3 N–H and O–H groups in total. The molecule has 0 unspecified atom stereocenters. The third-order valence-electron chi connectivity index (χ3n) is 4.05. The number of aliphatic hydroxyl groups excluding tert-OH is 1. The Morgan fingerprint density at radius 2 is 2.36 bits per heavy atom. The van der Waals surface area contributed by atoms with Crippen molar-refractivity contribution in [3.05, 3.63) is 23.2 Å². The van der Waals surface area contributed by atoms with Crippen LogP contribution in [0.5, 0.6) is 0 Å². The Balaban J connectivity index is 1.96. The fourth-order valence-corrected chi connectivity index (χ4v) is 3.63. The third kappa shape index (κ3) is 4.27. The van der Waals surface area contributed by atoms with Gasteiger partial charge in [0.25, 0.3) is 5.91 Å². The molecule has 0 aliphatic carbocycles. The highest BCUT2D eigenvalue weighted by atomic mass is 32.2. The smallest absolute Gasteiger partial charge is 0.289 e. The molecule has 22 heavy (non-hydrogen) atoms. The van der Waals surface area contributed by atoms with Gasteiger partial charge in [0.15, 0.2) is 5.76 Å². The number of β-amino-alcohol motifs (C(OH)–C–C–N with tert-alkyl or cyclic N) is 1. The van der Waals surface area contributed by atoms with Gasteiger partial charge < -0.3 is 20.2 Å². The van der Waals surface area contributed by atoms with Gasteiger partial charge in [-0.3, -0.25) is 4.79 Å². The molecule has 1 aromatic heterocycles. The number of rotatable bonds is 6. The van der Waals surface area contributed by atoms with Gasteiger partial charge in [0.1, 0.15) is 5.76 Å². The maximum absolute atomic E-state index is 12.5. The predicted octanol–water partition coefficient (Wildman–Crippen LogP) is 2.16. The zero-order valence-corrected chi connectivity index (χ0v) is 14.2. The van der Waals surface area contributed by atoms with Crippen LogP contribution in [0.4, 0.5) is 0 Å². The van der Waals surface area contributed by atoms with Crippen molar-refractivity contribution in [2.24, 2.45) is 5.73 Å². The van der Waals surface area contributed by atoms with Crippen molar-refractivity contribution in [1.29, 1.82) is 0 Å². The average molecular weight is 326 g/mol. The predicted molar refractivity (Wildman–Crippen MR) is 89.0 cm³/mol. The van der Waals surface area contributed by atoms with Gasteiger partial charge in [-0.15, -0.1) is 0 Å². The van der Waals surface area contributed by atoms with Gasteiger partial charge in [-0.05, 0) is 31.6 Å². The van der Waals surface area contributed by atoms with Crippen molar-refractivity contribution in [2.75, 3.05) is 18.8 Å². The van der Waals surface area contributed by atoms with E-state index >= 15 is 0 Å². The zero-order valence-electron chi connectivity index (χ0n) is 13.4. The molecule has 124 valence electrons. The fourth-order valence-electron chi connectivity index (χ4n) is 2.49. The number of furan rings is 1. The molecule has 1 aliphatic heterocycles. The van der Waals surface area contributed by atoms with Crippen LogP contribution in [0, 0.1) is 6.92 Å². The van der Waals surface area contributed by atoms with Crippen molar-refractivity contribution < 1.29 is 14.3 Å². The third-order valence-corrected chi connectivity index (χ3v) is 5.14. The van der Waals surface area contributed by atoms with Gasteiger partial charge in [0, 0.05) is 30.4 Å². The summed E-state index contributed by atoms with van der Waals surface area (Å²) in [5.41, 5.74) is 6.85. The Kier molecular flexibility index (Phi) is 6.35. The van der Waals surface area contributed by atoms with Crippen LogP contribution in [0.2, 0.25) is 0 Å². The van der Waals surface area contributed by atoms with Crippen molar-refractivity contribution >= 4 is 17.7 Å². The summed E-state index contributed by atoms with van der Waals surface area (Å²) in [5.74, 6) is 3.02. The minimum absolute atomic E-state index is 0.154. The first-order valence-corrected chi connectivity index (χ1v) is 9.08. The summed E-state index contributed by atoms with van der Waals surface area (Å²) < 4.78 is 5.63. The van der Waals surface area contributed by atoms with Crippen molar-refractivity contribution in [3.8, 4) is 0 Å². The molecular weight excluding hydrogens is 300 g/mol. The first-order valence-electron chi connectivity index (χ1n) is 7.93. The molecular formula is C16H26N2O3S. The summed E-state index contributed by atoms with van der Waals surface area (Å²) in [7, 11) is 0. The second-order valence-electron chi connectivity index (χ2n) is 5.87. The topological polar surface area (TPSA) is 79.7 Å². The summed E-state index contributed by atoms with van der Waals surface area (Å²) in [4.78, 5) is 14.1. The van der Waals surface area contributed by atoms with Gasteiger partial charge in [-0.2, -0.15) is 11.8 Å². The van der Waals surface area contributed by atoms with Crippen molar-refractivity contribution in [2.45, 2.75) is 51.0 Å². The zero-order chi connectivity index (χ0) is 16.1. The Hall–Kier alpha value is -0.980. The highest BCUT2D eigenvalue weighted by Crippen LogP contribution is 2.23. The molecule has 2 atom stereocenters. The lowest BCUT2D eigenvalue weighted by atomic mass is 10.0. The normalized spacial score (nSPS) is 22.1. The first kappa shape index (κ1) is 17.4. The van der Waals surface area contributed by atoms with Crippen LogP contribution >= 0.6 is 11.8 Å².